The number of hydrogen-bond acceptors (Lipinski definition) is 4. The third-order valence-electron chi connectivity index (χ3n) is 5.60. The molecule has 0 unspecified atom stereocenters. The van der Waals surface area contributed by atoms with Crippen molar-refractivity contribution in [2.45, 2.75) is 31.7 Å². The van der Waals surface area contributed by atoms with Crippen molar-refractivity contribution in [1.82, 2.24) is 0 Å². The molecule has 2 aromatic rings. The van der Waals surface area contributed by atoms with Crippen LogP contribution in [-0.2, 0) is 26.6 Å². The summed E-state index contributed by atoms with van der Waals surface area (Å²) in [5, 5.41) is 3.99. The summed E-state index contributed by atoms with van der Waals surface area (Å²) in [6, 6.07) is 17.8. The molecule has 2 aliphatic carbocycles. The summed E-state index contributed by atoms with van der Waals surface area (Å²) < 4.78 is 5.89. The van der Waals surface area contributed by atoms with Crippen molar-refractivity contribution < 1.29 is 26.6 Å². The van der Waals surface area contributed by atoms with Crippen LogP contribution in [0.5, 0.6) is 0 Å². The Hall–Kier alpha value is -1.75. The number of ether oxygens (including phenoxy) is 1. The summed E-state index contributed by atoms with van der Waals surface area (Å²) in [6.07, 6.45) is 15.7. The van der Waals surface area contributed by atoms with Crippen LogP contribution in [0.4, 0.5) is 5.69 Å². The van der Waals surface area contributed by atoms with E-state index in [1.165, 1.54) is 0 Å². The van der Waals surface area contributed by atoms with Gasteiger partial charge in [0.05, 0.1) is 28.5 Å². The number of rotatable bonds is 5. The number of hydrogen-bond donors (Lipinski definition) is 1. The molecule has 1 aliphatic heterocycles. The van der Waals surface area contributed by atoms with Gasteiger partial charge in [0, 0.05) is 22.0 Å². The Kier molecular flexibility index (Phi) is 11.0. The zero-order valence-electron chi connectivity index (χ0n) is 20.6. The van der Waals surface area contributed by atoms with Crippen LogP contribution < -0.4 is 5.32 Å². The Morgan fingerprint density at radius 3 is 2.19 bits per heavy atom. The SMILES string of the molecule is CC(C)(C)[C@H]1COC(c2ccccc2NC(=O)[C]2[CH][CH][CH][C]2Sc2ccccc2)=N1.[CH]1[CH][CH][CH][CH]1.[Fe]. The number of para-hydroxylation sites is 1. The Labute approximate surface area is 231 Å². The van der Waals surface area contributed by atoms with E-state index in [4.69, 9.17) is 9.73 Å². The molecule has 2 saturated carbocycles. The van der Waals surface area contributed by atoms with Crippen LogP contribution in [-0.4, -0.2) is 24.5 Å². The van der Waals surface area contributed by atoms with Crippen LogP contribution in [0.15, 0.2) is 64.5 Å². The van der Waals surface area contributed by atoms with E-state index in [0.29, 0.717) is 24.1 Å². The van der Waals surface area contributed by atoms with Gasteiger partial charge in [-0.1, -0.05) is 51.1 Å². The largest absolute Gasteiger partial charge is 0.475 e. The Morgan fingerprint density at radius 2 is 1.56 bits per heavy atom. The number of nitrogens with one attached hydrogen (secondary N) is 1. The second-order valence-electron chi connectivity index (χ2n) is 9.31. The number of thioether (sulfide) groups is 1. The van der Waals surface area contributed by atoms with E-state index in [9.17, 15) is 4.79 Å². The number of amides is 1. The third-order valence-corrected chi connectivity index (χ3v) is 6.69. The third kappa shape index (κ3) is 7.87. The molecule has 1 heterocycles. The number of benzene rings is 2. The minimum atomic E-state index is -0.142. The van der Waals surface area contributed by atoms with Crippen LogP contribution in [0.1, 0.15) is 26.3 Å². The first-order valence-electron chi connectivity index (χ1n) is 11.7. The van der Waals surface area contributed by atoms with Crippen molar-refractivity contribution in [2.24, 2.45) is 10.4 Å². The van der Waals surface area contributed by atoms with Crippen molar-refractivity contribution in [3.05, 3.63) is 123 Å². The monoisotopic (exact) mass is 538 g/mol. The summed E-state index contributed by atoms with van der Waals surface area (Å²) in [7, 11) is 0. The van der Waals surface area contributed by atoms with E-state index in [0.717, 1.165) is 15.7 Å². The van der Waals surface area contributed by atoms with Crippen molar-refractivity contribution >= 4 is 29.3 Å². The molecule has 4 nitrogen and oxygen atoms in total. The minimum absolute atomic E-state index is 0. The van der Waals surface area contributed by atoms with Crippen molar-refractivity contribution in [1.29, 1.82) is 0 Å². The van der Waals surface area contributed by atoms with Gasteiger partial charge in [0.15, 0.2) is 0 Å². The van der Waals surface area contributed by atoms with Gasteiger partial charge in [0.2, 0.25) is 11.8 Å². The van der Waals surface area contributed by atoms with Crippen LogP contribution >= 0.6 is 11.8 Å². The van der Waals surface area contributed by atoms with Crippen molar-refractivity contribution in [3.63, 3.8) is 0 Å². The number of carbonyl (C=O) groups excluding carboxylic acids is 1. The van der Waals surface area contributed by atoms with Crippen molar-refractivity contribution in [2.75, 3.05) is 11.9 Å². The van der Waals surface area contributed by atoms with E-state index in [-0.39, 0.29) is 34.4 Å². The molecule has 6 heteroatoms. The maximum Gasteiger partial charge on any atom is 0.233 e. The molecule has 0 saturated heterocycles. The molecule has 1 amide bonds. The quantitative estimate of drug-likeness (QED) is 0.451. The maximum atomic E-state index is 13.1. The average Bonchev–Trinajstić information content (AvgIpc) is 3.63. The van der Waals surface area contributed by atoms with Crippen LogP contribution in [0.2, 0.25) is 0 Å². The van der Waals surface area contributed by atoms with Gasteiger partial charge in [-0.15, -0.1) is 11.8 Å². The van der Waals surface area contributed by atoms with Crippen LogP contribution in [0.25, 0.3) is 0 Å². The van der Waals surface area contributed by atoms with E-state index >= 15 is 0 Å². The molecule has 0 spiro atoms. The van der Waals surface area contributed by atoms with Gasteiger partial charge in [-0.3, -0.25) is 4.79 Å². The zero-order valence-corrected chi connectivity index (χ0v) is 22.5. The van der Waals surface area contributed by atoms with Gasteiger partial charge in [0.1, 0.15) is 6.61 Å². The molecule has 10 radical (unpaired) electrons. The van der Waals surface area contributed by atoms with Gasteiger partial charge in [0.25, 0.3) is 0 Å². The zero-order chi connectivity index (χ0) is 24.7. The van der Waals surface area contributed by atoms with Gasteiger partial charge in [-0.05, 0) is 81.0 Å². The van der Waals surface area contributed by atoms with Gasteiger partial charge >= 0.3 is 0 Å². The number of anilines is 1. The summed E-state index contributed by atoms with van der Waals surface area (Å²) in [4.78, 5) is 18.9. The Bertz CT molecular complexity index is 994. The van der Waals surface area contributed by atoms with E-state index in [1.807, 2.05) is 106 Å². The summed E-state index contributed by atoms with van der Waals surface area (Å²) in [6.45, 7) is 7.02. The molecule has 3 aliphatic rings. The summed E-state index contributed by atoms with van der Waals surface area (Å²) >= 11 is 1.58. The normalized spacial score (nSPS) is 20.1. The Balaban J connectivity index is 0.000000538. The molecule has 1 atom stereocenters. The number of carbonyl (C=O) groups is 1. The van der Waals surface area contributed by atoms with E-state index in [1.54, 1.807) is 11.8 Å². The van der Waals surface area contributed by atoms with Gasteiger partial charge in [-0.2, -0.15) is 0 Å². The standard InChI is InChI=1S/C25H25N2O2S.C5H5.Fe/c1-25(2,3)22-16-29-24(27-22)18-12-7-8-14-20(18)26-23(28)19-13-9-15-21(19)30-17-10-5-4-6-11-17;1-2-4-5-3-1;/h4-15,22H,16H2,1-3H3,(H,26,28);1-5H;/t22-;;/m1../s1. The summed E-state index contributed by atoms with van der Waals surface area (Å²) in [5.41, 5.74) is 1.53. The minimum Gasteiger partial charge on any atom is -0.475 e. The molecule has 2 aromatic carbocycles. The molecular weight excluding hydrogens is 508 g/mol. The number of aliphatic imine (C=N–C) groups is 1. The maximum absolute atomic E-state index is 13.1. The molecule has 36 heavy (non-hydrogen) atoms. The van der Waals surface area contributed by atoms with Crippen LogP contribution in [0.3, 0.4) is 0 Å². The molecule has 0 bridgehead atoms. The molecule has 2 fully saturated rings. The molecule has 1 N–H and O–H groups in total. The fourth-order valence-corrected chi connectivity index (χ4v) is 4.51. The fraction of sp³-hybridized carbons (Fsp3) is 0.200. The smallest absolute Gasteiger partial charge is 0.233 e. The first kappa shape index (κ1) is 28.8. The van der Waals surface area contributed by atoms with Crippen molar-refractivity contribution in [3.8, 4) is 0 Å². The molecular formula is C30H30FeN2O2S. The number of nitrogens with zero attached hydrogens (tertiary/aromatic N) is 1. The second-order valence-corrected chi connectivity index (χ2v) is 10.4. The van der Waals surface area contributed by atoms with E-state index in [2.05, 4.69) is 26.1 Å². The predicted molar refractivity (Wildman–Crippen MR) is 144 cm³/mol. The molecule has 186 valence electrons. The molecule has 0 aromatic heterocycles. The predicted octanol–water partition coefficient (Wildman–Crippen LogP) is 6.36. The Morgan fingerprint density at radius 1 is 0.917 bits per heavy atom. The topological polar surface area (TPSA) is 50.7 Å². The van der Waals surface area contributed by atoms with Gasteiger partial charge < -0.3 is 10.1 Å². The second kappa shape index (κ2) is 13.7. The van der Waals surface area contributed by atoms with Crippen LogP contribution in [0, 0.1) is 67.9 Å². The first-order valence-corrected chi connectivity index (χ1v) is 12.5. The molecule has 5 rings (SSSR count). The van der Waals surface area contributed by atoms with E-state index < -0.39 is 0 Å². The van der Waals surface area contributed by atoms with Gasteiger partial charge in [-0.25, -0.2) is 4.99 Å². The summed E-state index contributed by atoms with van der Waals surface area (Å²) in [5.74, 6) is 1.10. The fourth-order valence-electron chi connectivity index (χ4n) is 3.55. The first-order chi connectivity index (χ1) is 16.9. The average molecular weight is 538 g/mol.